The lowest BCUT2D eigenvalue weighted by Crippen LogP contribution is -2.34. The fourth-order valence-corrected chi connectivity index (χ4v) is 5.79. The number of ether oxygens (including phenoxy) is 1. The smallest absolute Gasteiger partial charge is 0.244 e. The van der Waals surface area contributed by atoms with Crippen LogP contribution in [0.15, 0.2) is 29.2 Å². The molecule has 0 radical (unpaired) electrons. The van der Waals surface area contributed by atoms with E-state index in [9.17, 15) is 17.9 Å². The van der Waals surface area contributed by atoms with Crippen molar-refractivity contribution in [1.29, 1.82) is 0 Å². The summed E-state index contributed by atoms with van der Waals surface area (Å²) in [7, 11) is -4.24. The number of fused-ring (bicyclic) bond motifs is 1. The molecule has 0 saturated heterocycles. The number of nitrogens with one attached hydrogen (secondary N) is 2. The Labute approximate surface area is 195 Å². The lowest BCUT2D eigenvalue weighted by atomic mass is 9.88. The molecule has 1 aliphatic heterocycles. The number of rotatable bonds is 6. The molecule has 3 aromatic rings. The molecule has 0 bridgehead atoms. The van der Waals surface area contributed by atoms with Crippen LogP contribution in [0.1, 0.15) is 59.5 Å². The van der Waals surface area contributed by atoms with Gasteiger partial charge in [0.2, 0.25) is 10.0 Å². The van der Waals surface area contributed by atoms with E-state index in [1.165, 1.54) is 18.2 Å². The summed E-state index contributed by atoms with van der Waals surface area (Å²) < 4.78 is 50.0. The number of aromatic amines is 1. The maximum absolute atomic E-state index is 14.8. The summed E-state index contributed by atoms with van der Waals surface area (Å²) in [5.41, 5.74) is 2.13. The first-order valence-electron chi connectivity index (χ1n) is 10.3. The number of H-pyrrole nitrogens is 1. The summed E-state index contributed by atoms with van der Waals surface area (Å²) in [5, 5.41) is 24.3. The molecule has 33 heavy (non-hydrogen) atoms. The Morgan fingerprint density at radius 1 is 1.30 bits per heavy atom. The van der Waals surface area contributed by atoms with E-state index in [2.05, 4.69) is 25.3 Å². The lowest BCUT2D eigenvalue weighted by Gasteiger charge is -2.28. The molecule has 4 rings (SSSR count). The highest BCUT2D eigenvalue weighted by molar-refractivity contribution is 7.89. The highest BCUT2D eigenvalue weighted by Crippen LogP contribution is 2.42. The second-order valence-corrected chi connectivity index (χ2v) is 10.1. The summed E-state index contributed by atoms with van der Waals surface area (Å²) in [6.07, 6.45) is -0.662. The van der Waals surface area contributed by atoms with Gasteiger partial charge in [-0.25, -0.2) is 12.8 Å². The molecule has 2 aromatic carbocycles. The van der Waals surface area contributed by atoms with E-state index in [1.807, 2.05) is 6.92 Å². The third-order valence-electron chi connectivity index (χ3n) is 5.98. The van der Waals surface area contributed by atoms with E-state index < -0.39 is 33.9 Å². The zero-order valence-electron chi connectivity index (χ0n) is 18.1. The van der Waals surface area contributed by atoms with Crippen LogP contribution < -0.4 is 9.46 Å². The van der Waals surface area contributed by atoms with Crippen LogP contribution in [0.5, 0.6) is 5.75 Å². The third kappa shape index (κ3) is 4.33. The number of sulfonamides is 1. The zero-order chi connectivity index (χ0) is 23.9. The Bertz CT molecular complexity index is 1290. The number of aromatic nitrogens is 4. The molecule has 9 nitrogen and oxygen atoms in total. The Kier molecular flexibility index (Phi) is 6.41. The number of benzene rings is 2. The normalized spacial score (nSPS) is 17.8. The van der Waals surface area contributed by atoms with Gasteiger partial charge in [-0.05, 0) is 48.7 Å². The molecular weight excluding hydrogens is 473 g/mol. The summed E-state index contributed by atoms with van der Waals surface area (Å²) in [6, 6.07) is 4.66. The van der Waals surface area contributed by atoms with Crippen LogP contribution in [0, 0.1) is 19.7 Å². The second-order valence-electron chi connectivity index (χ2n) is 8.00. The molecule has 0 unspecified atom stereocenters. The van der Waals surface area contributed by atoms with Crippen LogP contribution in [0.4, 0.5) is 4.39 Å². The van der Waals surface area contributed by atoms with Crippen molar-refractivity contribution in [2.75, 3.05) is 6.61 Å². The van der Waals surface area contributed by atoms with E-state index in [4.69, 9.17) is 16.3 Å². The van der Waals surface area contributed by atoms with Gasteiger partial charge < -0.3 is 9.84 Å². The number of halogens is 2. The molecule has 3 atom stereocenters. The van der Waals surface area contributed by atoms with E-state index in [-0.39, 0.29) is 40.1 Å². The maximum Gasteiger partial charge on any atom is 0.244 e. The van der Waals surface area contributed by atoms with Crippen molar-refractivity contribution < 1.29 is 22.7 Å². The number of hydrogen-bond acceptors (Lipinski definition) is 7. The average molecular weight is 496 g/mol. The minimum atomic E-state index is -4.24. The first-order valence-corrected chi connectivity index (χ1v) is 12.1. The fraction of sp³-hybridized carbons (Fsp3) is 0.381. The predicted octanol–water partition coefficient (Wildman–Crippen LogP) is 3.25. The van der Waals surface area contributed by atoms with Gasteiger partial charge in [0.1, 0.15) is 16.5 Å². The van der Waals surface area contributed by atoms with Crippen LogP contribution in [0.25, 0.3) is 0 Å². The molecular formula is C21H23ClFN5O4S. The molecule has 12 heteroatoms. The van der Waals surface area contributed by atoms with Crippen LogP contribution in [-0.2, 0) is 10.0 Å². The number of aryl methyl sites for hydroxylation is 1. The van der Waals surface area contributed by atoms with Crippen LogP contribution in [0.2, 0.25) is 5.02 Å². The van der Waals surface area contributed by atoms with Gasteiger partial charge in [-0.1, -0.05) is 29.8 Å². The largest absolute Gasteiger partial charge is 0.492 e. The first kappa shape index (κ1) is 23.6. The van der Waals surface area contributed by atoms with Crippen molar-refractivity contribution in [2.24, 2.45) is 0 Å². The van der Waals surface area contributed by atoms with Gasteiger partial charge in [-0.2, -0.15) is 9.94 Å². The van der Waals surface area contributed by atoms with E-state index >= 15 is 0 Å². The highest BCUT2D eigenvalue weighted by atomic mass is 35.5. The molecule has 1 aromatic heterocycles. The number of nitrogens with zero attached hydrogens (tertiary/aromatic N) is 3. The lowest BCUT2D eigenvalue weighted by molar-refractivity contribution is 0.113. The van der Waals surface area contributed by atoms with Crippen molar-refractivity contribution >= 4 is 21.6 Å². The molecule has 0 aliphatic carbocycles. The number of tetrazole rings is 1. The first-order chi connectivity index (χ1) is 15.6. The molecule has 0 fully saturated rings. The minimum Gasteiger partial charge on any atom is -0.492 e. The van der Waals surface area contributed by atoms with Gasteiger partial charge in [-0.3, -0.25) is 0 Å². The minimum absolute atomic E-state index is 0.00817. The van der Waals surface area contributed by atoms with Crippen LogP contribution in [0.3, 0.4) is 0 Å². The molecule has 176 valence electrons. The highest BCUT2D eigenvalue weighted by Gasteiger charge is 2.36. The Morgan fingerprint density at radius 3 is 2.76 bits per heavy atom. The number of hydrogen-bond donors (Lipinski definition) is 3. The van der Waals surface area contributed by atoms with Crippen molar-refractivity contribution in [3.05, 3.63) is 63.2 Å². The number of aliphatic hydroxyl groups excluding tert-OH is 1. The average Bonchev–Trinajstić information content (AvgIpc) is 3.29. The van der Waals surface area contributed by atoms with Crippen LogP contribution in [-0.4, -0.2) is 40.8 Å². The van der Waals surface area contributed by atoms with Crippen molar-refractivity contribution in [3.8, 4) is 5.75 Å². The van der Waals surface area contributed by atoms with Crippen molar-refractivity contribution in [3.63, 3.8) is 0 Å². The van der Waals surface area contributed by atoms with Crippen molar-refractivity contribution in [2.45, 2.75) is 50.2 Å². The number of aliphatic hydroxyl groups is 1. The van der Waals surface area contributed by atoms with Crippen molar-refractivity contribution in [1.82, 2.24) is 25.3 Å². The van der Waals surface area contributed by atoms with E-state index in [1.54, 1.807) is 19.9 Å². The summed E-state index contributed by atoms with van der Waals surface area (Å²) in [6.45, 7) is 5.44. The summed E-state index contributed by atoms with van der Waals surface area (Å²) >= 11 is 6.20. The van der Waals surface area contributed by atoms with Gasteiger partial charge in [0.25, 0.3) is 0 Å². The molecule has 1 aliphatic rings. The second kappa shape index (κ2) is 8.98. The van der Waals surface area contributed by atoms with Gasteiger partial charge in [0, 0.05) is 17.9 Å². The predicted molar refractivity (Wildman–Crippen MR) is 118 cm³/mol. The molecule has 0 spiro atoms. The third-order valence-corrected chi connectivity index (χ3v) is 7.77. The topological polar surface area (TPSA) is 130 Å². The molecule has 0 saturated carbocycles. The Hall–Kier alpha value is -2.60. The summed E-state index contributed by atoms with van der Waals surface area (Å²) in [4.78, 5) is -0.192. The van der Waals surface area contributed by atoms with Crippen LogP contribution >= 0.6 is 11.6 Å². The molecule has 3 N–H and O–H groups in total. The standard InChI is InChI=1S/C21H23ClFN5O4S/c1-10-4-6-14(23)17(11(10)2)12(3)19(21-24-27-28-25-21)26-33(30,31)16-7-5-13(22)18-15(29)8-9-32-20(16)18/h4-7,12,15,19,26,29H,8-9H2,1-3H3,(H,24,25,27,28)/t12-,15+,19+/m1/s1. The van der Waals surface area contributed by atoms with E-state index in [0.717, 1.165) is 5.56 Å². The molecule has 2 heterocycles. The van der Waals surface area contributed by atoms with Gasteiger partial charge in [0.15, 0.2) is 5.82 Å². The van der Waals surface area contributed by atoms with Gasteiger partial charge in [-0.15, -0.1) is 10.2 Å². The van der Waals surface area contributed by atoms with Gasteiger partial charge in [0.05, 0.1) is 23.8 Å². The Morgan fingerprint density at radius 2 is 2.06 bits per heavy atom. The quantitative estimate of drug-likeness (QED) is 0.478. The maximum atomic E-state index is 14.8. The SMILES string of the molecule is Cc1ccc(F)c([C@@H](C)[C@H](NS(=O)(=O)c2ccc(Cl)c3c2OCC[C@@H]3O)c2nn[nH]n2)c1C. The van der Waals surface area contributed by atoms with E-state index in [0.29, 0.717) is 11.1 Å². The zero-order valence-corrected chi connectivity index (χ0v) is 19.7. The monoisotopic (exact) mass is 495 g/mol. The Balaban J connectivity index is 1.79. The fourth-order valence-electron chi connectivity index (χ4n) is 4.08. The molecule has 0 amide bonds. The van der Waals surface area contributed by atoms with Gasteiger partial charge >= 0.3 is 0 Å². The summed E-state index contributed by atoms with van der Waals surface area (Å²) in [5.74, 6) is -1.11.